The van der Waals surface area contributed by atoms with Crippen LogP contribution < -0.4 is 5.32 Å². The maximum Gasteiger partial charge on any atom is 0.120 e. The standard InChI is InChI=1S/C18H32N2O/c1-13(2)10-20(11-14(3)4)12-17-8-15(5)18(21-17)9-19-16-6-7-16/h8,13-14,16,19H,6-7,9-12H2,1-5H3. The third-order valence-corrected chi connectivity index (χ3v) is 3.83. The van der Waals surface area contributed by atoms with Crippen LogP contribution in [-0.2, 0) is 13.1 Å². The minimum atomic E-state index is 0.691. The van der Waals surface area contributed by atoms with Crippen LogP contribution in [0.25, 0.3) is 0 Å². The SMILES string of the molecule is Cc1cc(CN(CC(C)C)CC(C)C)oc1CNC1CC1. The van der Waals surface area contributed by atoms with Gasteiger partial charge in [-0.05, 0) is 43.2 Å². The van der Waals surface area contributed by atoms with Crippen molar-refractivity contribution < 1.29 is 4.42 Å². The largest absolute Gasteiger partial charge is 0.463 e. The van der Waals surface area contributed by atoms with Gasteiger partial charge < -0.3 is 9.73 Å². The Labute approximate surface area is 130 Å². The molecule has 0 unspecified atom stereocenters. The van der Waals surface area contributed by atoms with E-state index in [9.17, 15) is 0 Å². The predicted octanol–water partition coefficient (Wildman–Crippen LogP) is 3.95. The summed E-state index contributed by atoms with van der Waals surface area (Å²) in [4.78, 5) is 2.52. The van der Waals surface area contributed by atoms with E-state index in [1.54, 1.807) is 0 Å². The molecule has 0 bridgehead atoms. The van der Waals surface area contributed by atoms with Crippen LogP contribution in [0.4, 0.5) is 0 Å². The molecule has 1 aliphatic carbocycles. The first kappa shape index (κ1) is 16.6. The molecule has 0 spiro atoms. The molecule has 3 heteroatoms. The first-order valence-corrected chi connectivity index (χ1v) is 8.48. The Morgan fingerprint density at radius 1 is 1.19 bits per heavy atom. The van der Waals surface area contributed by atoms with Crippen LogP contribution in [0.5, 0.6) is 0 Å². The molecule has 3 nitrogen and oxygen atoms in total. The van der Waals surface area contributed by atoms with Crippen LogP contribution in [0, 0.1) is 18.8 Å². The Kier molecular flexibility index (Phi) is 5.88. The van der Waals surface area contributed by atoms with E-state index in [0.29, 0.717) is 11.8 Å². The zero-order valence-electron chi connectivity index (χ0n) is 14.4. The van der Waals surface area contributed by atoms with Crippen LogP contribution in [0.15, 0.2) is 10.5 Å². The first-order chi connectivity index (χ1) is 9.94. The van der Waals surface area contributed by atoms with Crippen LogP contribution >= 0.6 is 0 Å². The highest BCUT2D eigenvalue weighted by atomic mass is 16.3. The summed E-state index contributed by atoms with van der Waals surface area (Å²) in [5.41, 5.74) is 1.28. The van der Waals surface area contributed by atoms with E-state index < -0.39 is 0 Å². The molecule has 1 heterocycles. The molecule has 0 aromatic carbocycles. The second-order valence-electron chi connectivity index (χ2n) is 7.46. The van der Waals surface area contributed by atoms with Crippen LogP contribution in [0.3, 0.4) is 0 Å². The quantitative estimate of drug-likeness (QED) is 0.747. The molecule has 1 aliphatic rings. The molecule has 120 valence electrons. The average molecular weight is 292 g/mol. The molecule has 1 N–H and O–H groups in total. The zero-order chi connectivity index (χ0) is 15.4. The number of nitrogens with one attached hydrogen (secondary N) is 1. The lowest BCUT2D eigenvalue weighted by molar-refractivity contribution is 0.195. The van der Waals surface area contributed by atoms with E-state index in [1.807, 2.05) is 0 Å². The molecular weight excluding hydrogens is 260 g/mol. The summed E-state index contributed by atoms with van der Waals surface area (Å²) < 4.78 is 6.08. The van der Waals surface area contributed by atoms with Gasteiger partial charge in [-0.25, -0.2) is 0 Å². The van der Waals surface area contributed by atoms with Gasteiger partial charge in [-0.2, -0.15) is 0 Å². The molecule has 0 atom stereocenters. The van der Waals surface area contributed by atoms with Crippen molar-refractivity contribution in [2.75, 3.05) is 13.1 Å². The van der Waals surface area contributed by atoms with Crippen molar-refractivity contribution in [1.29, 1.82) is 0 Å². The van der Waals surface area contributed by atoms with E-state index in [2.05, 4.69) is 50.9 Å². The van der Waals surface area contributed by atoms with Gasteiger partial charge in [0.05, 0.1) is 13.1 Å². The normalized spacial score (nSPS) is 15.6. The van der Waals surface area contributed by atoms with Crippen LogP contribution in [0.1, 0.15) is 57.6 Å². The molecule has 21 heavy (non-hydrogen) atoms. The van der Waals surface area contributed by atoms with Crippen molar-refractivity contribution in [1.82, 2.24) is 10.2 Å². The summed E-state index contributed by atoms with van der Waals surface area (Å²) in [5, 5.41) is 3.54. The monoisotopic (exact) mass is 292 g/mol. The highest BCUT2D eigenvalue weighted by Crippen LogP contribution is 2.22. The van der Waals surface area contributed by atoms with E-state index in [1.165, 1.54) is 18.4 Å². The number of hydrogen-bond acceptors (Lipinski definition) is 3. The fraction of sp³-hybridized carbons (Fsp3) is 0.778. The Morgan fingerprint density at radius 2 is 1.81 bits per heavy atom. The van der Waals surface area contributed by atoms with E-state index >= 15 is 0 Å². The molecule has 1 saturated carbocycles. The second-order valence-corrected chi connectivity index (χ2v) is 7.46. The van der Waals surface area contributed by atoms with Gasteiger partial charge in [-0.3, -0.25) is 4.90 Å². The molecule has 0 amide bonds. The third-order valence-electron chi connectivity index (χ3n) is 3.83. The summed E-state index contributed by atoms with van der Waals surface area (Å²) in [7, 11) is 0. The minimum absolute atomic E-state index is 0.691. The number of rotatable bonds is 9. The Bertz CT molecular complexity index is 422. The molecule has 0 aliphatic heterocycles. The van der Waals surface area contributed by atoms with Crippen LogP contribution in [-0.4, -0.2) is 24.0 Å². The van der Waals surface area contributed by atoms with Crippen molar-refractivity contribution in [2.24, 2.45) is 11.8 Å². The summed E-state index contributed by atoms with van der Waals surface area (Å²) in [6.45, 7) is 15.4. The summed E-state index contributed by atoms with van der Waals surface area (Å²) in [5.74, 6) is 3.61. The molecular formula is C18H32N2O. The van der Waals surface area contributed by atoms with Gasteiger partial charge in [0.2, 0.25) is 0 Å². The summed E-state index contributed by atoms with van der Waals surface area (Å²) in [6, 6.07) is 2.95. The maximum absolute atomic E-state index is 6.08. The third kappa shape index (κ3) is 5.84. The van der Waals surface area contributed by atoms with E-state index in [-0.39, 0.29) is 0 Å². The molecule has 0 saturated heterocycles. The van der Waals surface area contributed by atoms with Gasteiger partial charge in [0.15, 0.2) is 0 Å². The maximum atomic E-state index is 6.08. The van der Waals surface area contributed by atoms with Gasteiger partial charge in [0, 0.05) is 19.1 Å². The number of nitrogens with zero attached hydrogens (tertiary/aromatic N) is 1. The van der Waals surface area contributed by atoms with Gasteiger partial charge >= 0.3 is 0 Å². The van der Waals surface area contributed by atoms with Crippen LogP contribution in [0.2, 0.25) is 0 Å². The van der Waals surface area contributed by atoms with Crippen molar-refractivity contribution >= 4 is 0 Å². The fourth-order valence-corrected chi connectivity index (χ4v) is 2.82. The Morgan fingerprint density at radius 3 is 2.33 bits per heavy atom. The molecule has 1 fully saturated rings. The van der Waals surface area contributed by atoms with Gasteiger partial charge in [-0.1, -0.05) is 27.7 Å². The smallest absolute Gasteiger partial charge is 0.120 e. The zero-order valence-corrected chi connectivity index (χ0v) is 14.4. The highest BCUT2D eigenvalue weighted by molar-refractivity contribution is 5.20. The van der Waals surface area contributed by atoms with Crippen molar-refractivity contribution in [3.63, 3.8) is 0 Å². The van der Waals surface area contributed by atoms with Crippen molar-refractivity contribution in [3.8, 4) is 0 Å². The van der Waals surface area contributed by atoms with Gasteiger partial charge in [0.25, 0.3) is 0 Å². The van der Waals surface area contributed by atoms with E-state index in [4.69, 9.17) is 4.42 Å². The summed E-state index contributed by atoms with van der Waals surface area (Å²) >= 11 is 0. The topological polar surface area (TPSA) is 28.4 Å². The lowest BCUT2D eigenvalue weighted by Gasteiger charge is -2.25. The molecule has 0 radical (unpaired) electrons. The first-order valence-electron chi connectivity index (χ1n) is 8.48. The predicted molar refractivity (Wildman–Crippen MR) is 88.3 cm³/mol. The Hall–Kier alpha value is -0.800. The number of hydrogen-bond donors (Lipinski definition) is 1. The van der Waals surface area contributed by atoms with Gasteiger partial charge in [0.1, 0.15) is 11.5 Å². The van der Waals surface area contributed by atoms with E-state index in [0.717, 1.165) is 43.7 Å². The second kappa shape index (κ2) is 7.46. The van der Waals surface area contributed by atoms with Gasteiger partial charge in [-0.15, -0.1) is 0 Å². The molecule has 2 rings (SSSR count). The minimum Gasteiger partial charge on any atom is -0.463 e. The lowest BCUT2D eigenvalue weighted by atomic mass is 10.1. The average Bonchev–Trinajstić information content (AvgIpc) is 3.10. The number of aryl methyl sites for hydroxylation is 1. The van der Waals surface area contributed by atoms with Crippen molar-refractivity contribution in [2.45, 2.75) is 66.6 Å². The highest BCUT2D eigenvalue weighted by Gasteiger charge is 2.21. The lowest BCUT2D eigenvalue weighted by Crippen LogP contribution is -2.30. The molecule has 1 aromatic rings. The van der Waals surface area contributed by atoms with Crippen molar-refractivity contribution in [3.05, 3.63) is 23.2 Å². The molecule has 1 aromatic heterocycles. The fourth-order valence-electron chi connectivity index (χ4n) is 2.82. The summed E-state index contributed by atoms with van der Waals surface area (Å²) in [6.07, 6.45) is 2.65. The Balaban J connectivity index is 1.93. The number of furan rings is 1.